The van der Waals surface area contributed by atoms with Crippen LogP contribution in [0, 0.1) is 0 Å². The predicted molar refractivity (Wildman–Crippen MR) is 90.2 cm³/mol. The lowest BCUT2D eigenvalue weighted by molar-refractivity contribution is -0.118. The molecule has 2 aromatic carbocycles. The first-order valence-corrected chi connectivity index (χ1v) is 8.03. The molecule has 0 atom stereocenters. The van der Waals surface area contributed by atoms with Gasteiger partial charge in [-0.2, -0.15) is 0 Å². The summed E-state index contributed by atoms with van der Waals surface area (Å²) in [6.07, 6.45) is 2.13. The average Bonchev–Trinajstić information content (AvgIpc) is 2.97. The number of halogens is 1. The van der Waals surface area contributed by atoms with Crippen molar-refractivity contribution >= 4 is 34.8 Å². The maximum atomic E-state index is 12.3. The number of anilines is 2. The van der Waals surface area contributed by atoms with Gasteiger partial charge in [-0.3, -0.25) is 9.59 Å². The molecule has 2 amide bonds. The lowest BCUT2D eigenvalue weighted by Crippen LogP contribution is -2.32. The van der Waals surface area contributed by atoms with Crippen molar-refractivity contribution in [1.82, 2.24) is 0 Å². The fraction of sp³-hybridized carbons (Fsp3) is 0.222. The van der Waals surface area contributed by atoms with Crippen LogP contribution in [-0.4, -0.2) is 18.4 Å². The van der Waals surface area contributed by atoms with Crippen LogP contribution in [0.5, 0.6) is 0 Å². The van der Waals surface area contributed by atoms with E-state index in [9.17, 15) is 9.59 Å². The molecule has 23 heavy (non-hydrogen) atoms. The minimum atomic E-state index is -0.157. The van der Waals surface area contributed by atoms with Crippen LogP contribution in [0.1, 0.15) is 27.9 Å². The molecule has 2 aliphatic rings. The second-order valence-electron chi connectivity index (χ2n) is 5.90. The van der Waals surface area contributed by atoms with Crippen LogP contribution in [0.2, 0.25) is 5.02 Å². The molecular weight excluding hydrogens is 312 g/mol. The molecule has 0 aliphatic carbocycles. The minimum Gasteiger partial charge on any atom is -0.322 e. The highest BCUT2D eigenvalue weighted by Gasteiger charge is 2.31. The maximum Gasteiger partial charge on any atom is 0.255 e. The molecular formula is C18H15ClN2O2. The van der Waals surface area contributed by atoms with Crippen LogP contribution in [0.25, 0.3) is 0 Å². The molecule has 2 aliphatic heterocycles. The number of amides is 2. The zero-order valence-electron chi connectivity index (χ0n) is 12.4. The summed E-state index contributed by atoms with van der Waals surface area (Å²) in [7, 11) is 0. The topological polar surface area (TPSA) is 49.4 Å². The quantitative estimate of drug-likeness (QED) is 0.919. The van der Waals surface area contributed by atoms with Gasteiger partial charge in [0.15, 0.2) is 0 Å². The van der Waals surface area contributed by atoms with Crippen molar-refractivity contribution in [1.29, 1.82) is 0 Å². The van der Waals surface area contributed by atoms with E-state index in [1.165, 1.54) is 0 Å². The van der Waals surface area contributed by atoms with Gasteiger partial charge in [-0.25, -0.2) is 0 Å². The Balaban J connectivity index is 1.63. The van der Waals surface area contributed by atoms with Gasteiger partial charge in [-0.1, -0.05) is 11.6 Å². The number of hydrogen-bond donors (Lipinski definition) is 1. The van der Waals surface area contributed by atoms with E-state index in [2.05, 4.69) is 5.32 Å². The Morgan fingerprint density at radius 2 is 1.74 bits per heavy atom. The number of carbonyl (C=O) groups excluding carboxylic acids is 2. The van der Waals surface area contributed by atoms with E-state index >= 15 is 0 Å². The second-order valence-corrected chi connectivity index (χ2v) is 6.34. The van der Waals surface area contributed by atoms with Crippen molar-refractivity contribution in [2.75, 3.05) is 16.8 Å². The number of aryl methyl sites for hydroxylation is 1. The van der Waals surface area contributed by atoms with Crippen LogP contribution < -0.4 is 10.2 Å². The number of nitrogens with one attached hydrogen (secondary N) is 1. The number of rotatable bonds is 2. The zero-order chi connectivity index (χ0) is 16.0. The van der Waals surface area contributed by atoms with Crippen LogP contribution in [0.15, 0.2) is 36.4 Å². The Kier molecular flexibility index (Phi) is 3.34. The summed E-state index contributed by atoms with van der Waals surface area (Å²) in [4.78, 5) is 26.2. The molecule has 4 nitrogen and oxygen atoms in total. The van der Waals surface area contributed by atoms with E-state index in [0.717, 1.165) is 41.9 Å². The number of hydrogen-bond acceptors (Lipinski definition) is 2. The van der Waals surface area contributed by atoms with Gasteiger partial charge in [0, 0.05) is 29.2 Å². The third-order valence-corrected chi connectivity index (χ3v) is 4.67. The third-order valence-electron chi connectivity index (χ3n) is 4.42. The van der Waals surface area contributed by atoms with E-state index in [1.54, 1.807) is 24.3 Å². The number of carbonyl (C=O) groups is 2. The standard InChI is InChI=1S/C18H15ClN2O2/c19-14-4-1-11(2-5-14)18(23)20-15-9-12-3-6-16(22)21-8-7-13(10-15)17(12)21/h1-2,4-5,9-10H,3,6-8H2,(H,20,23). The SMILES string of the molecule is O=C(Nc1cc2c3c(c1)CCN3C(=O)CC2)c1ccc(Cl)cc1. The summed E-state index contributed by atoms with van der Waals surface area (Å²) < 4.78 is 0. The van der Waals surface area contributed by atoms with E-state index in [-0.39, 0.29) is 11.8 Å². The Labute approximate surface area is 139 Å². The van der Waals surface area contributed by atoms with E-state index in [0.29, 0.717) is 17.0 Å². The Bertz CT molecular complexity index is 815. The van der Waals surface area contributed by atoms with E-state index < -0.39 is 0 Å². The van der Waals surface area contributed by atoms with Crippen molar-refractivity contribution < 1.29 is 9.59 Å². The minimum absolute atomic E-state index is 0.157. The van der Waals surface area contributed by atoms with Gasteiger partial charge in [0.2, 0.25) is 5.91 Å². The maximum absolute atomic E-state index is 12.3. The Hall–Kier alpha value is -2.33. The number of nitrogens with zero attached hydrogens (tertiary/aromatic N) is 1. The van der Waals surface area contributed by atoms with Crippen molar-refractivity contribution in [2.24, 2.45) is 0 Å². The van der Waals surface area contributed by atoms with Gasteiger partial charge in [-0.15, -0.1) is 0 Å². The second kappa shape index (κ2) is 5.39. The van der Waals surface area contributed by atoms with Gasteiger partial charge >= 0.3 is 0 Å². The molecule has 2 heterocycles. The molecule has 0 bridgehead atoms. The molecule has 1 N–H and O–H groups in total. The smallest absolute Gasteiger partial charge is 0.255 e. The van der Waals surface area contributed by atoms with Crippen LogP contribution in [-0.2, 0) is 17.6 Å². The summed E-state index contributed by atoms with van der Waals surface area (Å²) >= 11 is 5.85. The fourth-order valence-corrected chi connectivity index (χ4v) is 3.46. The molecule has 4 rings (SSSR count). The van der Waals surface area contributed by atoms with Crippen LogP contribution >= 0.6 is 11.6 Å². The van der Waals surface area contributed by atoms with E-state index in [1.807, 2.05) is 17.0 Å². The van der Waals surface area contributed by atoms with Gasteiger partial charge in [0.05, 0.1) is 5.69 Å². The largest absolute Gasteiger partial charge is 0.322 e. The van der Waals surface area contributed by atoms with Gasteiger partial charge in [0.1, 0.15) is 0 Å². The van der Waals surface area contributed by atoms with Gasteiger partial charge < -0.3 is 10.2 Å². The average molecular weight is 327 g/mol. The van der Waals surface area contributed by atoms with Gasteiger partial charge in [-0.05, 0) is 60.4 Å². The lowest BCUT2D eigenvalue weighted by atomic mass is 9.98. The molecule has 0 radical (unpaired) electrons. The summed E-state index contributed by atoms with van der Waals surface area (Å²) in [5.74, 6) is 0.0461. The first-order chi connectivity index (χ1) is 11.1. The molecule has 0 spiro atoms. The van der Waals surface area contributed by atoms with Crippen molar-refractivity contribution in [3.05, 3.63) is 58.1 Å². The molecule has 0 saturated heterocycles. The zero-order valence-corrected chi connectivity index (χ0v) is 13.2. The Morgan fingerprint density at radius 3 is 2.48 bits per heavy atom. The lowest BCUT2D eigenvalue weighted by Gasteiger charge is -2.25. The predicted octanol–water partition coefficient (Wildman–Crippen LogP) is 3.43. The third kappa shape index (κ3) is 2.49. The molecule has 0 aromatic heterocycles. The molecule has 0 unspecified atom stereocenters. The highest BCUT2D eigenvalue weighted by atomic mass is 35.5. The van der Waals surface area contributed by atoms with Crippen LogP contribution in [0.4, 0.5) is 11.4 Å². The van der Waals surface area contributed by atoms with Crippen LogP contribution in [0.3, 0.4) is 0 Å². The summed E-state index contributed by atoms with van der Waals surface area (Å²) in [5, 5.41) is 3.55. The fourth-order valence-electron chi connectivity index (χ4n) is 3.33. The number of benzene rings is 2. The normalized spacial score (nSPS) is 15.5. The highest BCUT2D eigenvalue weighted by Crippen LogP contribution is 2.38. The molecule has 0 saturated carbocycles. The molecule has 0 fully saturated rings. The monoisotopic (exact) mass is 326 g/mol. The molecule has 2 aromatic rings. The first kappa shape index (κ1) is 14.3. The Morgan fingerprint density at radius 1 is 1.04 bits per heavy atom. The summed E-state index contributed by atoms with van der Waals surface area (Å²) in [6, 6.07) is 10.8. The molecule has 116 valence electrons. The summed E-state index contributed by atoms with van der Waals surface area (Å²) in [6.45, 7) is 0.746. The van der Waals surface area contributed by atoms with Crippen molar-refractivity contribution in [3.63, 3.8) is 0 Å². The first-order valence-electron chi connectivity index (χ1n) is 7.65. The highest BCUT2D eigenvalue weighted by molar-refractivity contribution is 6.30. The van der Waals surface area contributed by atoms with Crippen molar-refractivity contribution in [2.45, 2.75) is 19.3 Å². The van der Waals surface area contributed by atoms with Crippen molar-refractivity contribution in [3.8, 4) is 0 Å². The van der Waals surface area contributed by atoms with Gasteiger partial charge in [0.25, 0.3) is 5.91 Å². The summed E-state index contributed by atoms with van der Waals surface area (Å²) in [5.41, 5.74) is 4.70. The molecule has 5 heteroatoms. The van der Waals surface area contributed by atoms with E-state index in [4.69, 9.17) is 11.6 Å².